The third-order valence-electron chi connectivity index (χ3n) is 4.29. The highest BCUT2D eigenvalue weighted by molar-refractivity contribution is 9.10. The third kappa shape index (κ3) is 7.75. The molecule has 0 aliphatic carbocycles. The summed E-state index contributed by atoms with van der Waals surface area (Å²) in [7, 11) is 0. The molecule has 1 N–H and O–H groups in total. The highest BCUT2D eigenvalue weighted by atomic mass is 79.9. The molecule has 1 heterocycles. The molecular weight excluding hydrogens is 454 g/mol. The number of halogens is 1. The summed E-state index contributed by atoms with van der Waals surface area (Å²) in [5, 5.41) is 4.09. The molecule has 0 radical (unpaired) electrons. The van der Waals surface area contributed by atoms with Gasteiger partial charge >= 0.3 is 0 Å². The Labute approximate surface area is 184 Å². The van der Waals surface area contributed by atoms with Crippen LogP contribution in [0.3, 0.4) is 0 Å². The van der Waals surface area contributed by atoms with Gasteiger partial charge in [0, 0.05) is 24.2 Å². The van der Waals surface area contributed by atoms with Crippen molar-refractivity contribution in [1.29, 1.82) is 0 Å². The minimum atomic E-state index is -0.0650. The molecule has 0 unspecified atom stereocenters. The number of benzene rings is 1. The number of hydrogen-bond acceptors (Lipinski definition) is 5. The van der Waals surface area contributed by atoms with E-state index in [1.807, 2.05) is 26.0 Å². The van der Waals surface area contributed by atoms with Crippen molar-refractivity contribution in [3.8, 4) is 0 Å². The molecule has 0 aliphatic rings. The van der Waals surface area contributed by atoms with E-state index in [1.165, 1.54) is 11.8 Å². The molecule has 0 aliphatic heterocycles. The Balaban J connectivity index is 2.05. The van der Waals surface area contributed by atoms with E-state index in [2.05, 4.69) is 33.2 Å². The van der Waals surface area contributed by atoms with Crippen LogP contribution in [0.1, 0.15) is 46.5 Å². The second-order valence-corrected chi connectivity index (χ2v) is 8.99. The summed E-state index contributed by atoms with van der Waals surface area (Å²) in [5.74, 6) is 0.164. The average Bonchev–Trinajstić information content (AvgIpc) is 2.68. The number of fused-ring (bicyclic) bond motifs is 1. The van der Waals surface area contributed by atoms with Gasteiger partial charge in [-0.25, -0.2) is 4.98 Å². The fourth-order valence-electron chi connectivity index (χ4n) is 2.80. The molecule has 0 saturated heterocycles. The molecule has 0 saturated carbocycles. The van der Waals surface area contributed by atoms with Crippen LogP contribution in [-0.4, -0.2) is 40.5 Å². The van der Waals surface area contributed by atoms with Crippen LogP contribution >= 0.6 is 27.7 Å². The zero-order chi connectivity index (χ0) is 21.2. The van der Waals surface area contributed by atoms with Gasteiger partial charge in [0.15, 0.2) is 5.16 Å². The summed E-state index contributed by atoms with van der Waals surface area (Å²) in [6.07, 6.45) is 4.01. The Morgan fingerprint density at radius 2 is 2.10 bits per heavy atom. The van der Waals surface area contributed by atoms with Crippen molar-refractivity contribution < 1.29 is 9.53 Å². The Kier molecular flexibility index (Phi) is 10.2. The Hall–Kier alpha value is -1.38. The van der Waals surface area contributed by atoms with Crippen LogP contribution in [0.4, 0.5) is 0 Å². The smallest absolute Gasteiger partial charge is 0.262 e. The van der Waals surface area contributed by atoms with Gasteiger partial charge in [0.25, 0.3) is 5.56 Å². The van der Waals surface area contributed by atoms with Gasteiger partial charge in [-0.3, -0.25) is 14.2 Å². The molecule has 0 spiro atoms. The number of thioether (sulfide) groups is 1. The van der Waals surface area contributed by atoms with Gasteiger partial charge in [0.05, 0.1) is 22.8 Å². The number of amides is 1. The quantitative estimate of drug-likeness (QED) is 0.275. The first kappa shape index (κ1) is 23.9. The molecule has 1 aromatic heterocycles. The second kappa shape index (κ2) is 12.3. The minimum Gasteiger partial charge on any atom is -0.379 e. The number of aromatic nitrogens is 2. The highest BCUT2D eigenvalue weighted by Gasteiger charge is 2.13. The van der Waals surface area contributed by atoms with E-state index in [4.69, 9.17) is 4.74 Å². The monoisotopic (exact) mass is 483 g/mol. The fourth-order valence-corrected chi connectivity index (χ4v) is 4.02. The summed E-state index contributed by atoms with van der Waals surface area (Å²) >= 11 is 4.74. The van der Waals surface area contributed by atoms with Gasteiger partial charge in [-0.05, 0) is 44.9 Å². The summed E-state index contributed by atoms with van der Waals surface area (Å²) in [6, 6.07) is 5.51. The topological polar surface area (TPSA) is 73.2 Å². The number of hydrogen-bond donors (Lipinski definition) is 1. The molecular formula is C21H30BrN3O3S. The van der Waals surface area contributed by atoms with E-state index >= 15 is 0 Å². The van der Waals surface area contributed by atoms with E-state index < -0.39 is 0 Å². The first-order chi connectivity index (χ1) is 13.9. The Morgan fingerprint density at radius 1 is 1.31 bits per heavy atom. The van der Waals surface area contributed by atoms with Crippen LogP contribution in [0, 0.1) is 0 Å². The molecule has 2 aromatic rings. The molecule has 6 nitrogen and oxygen atoms in total. The van der Waals surface area contributed by atoms with Crippen LogP contribution in [0.5, 0.6) is 0 Å². The number of nitrogens with one attached hydrogen (secondary N) is 1. The Morgan fingerprint density at radius 3 is 2.83 bits per heavy atom. The number of rotatable bonds is 12. The maximum Gasteiger partial charge on any atom is 0.262 e. The Bertz CT molecular complexity index is 870. The maximum atomic E-state index is 13.0. The van der Waals surface area contributed by atoms with Gasteiger partial charge in [-0.2, -0.15) is 0 Å². The largest absolute Gasteiger partial charge is 0.379 e. The van der Waals surface area contributed by atoms with Crippen molar-refractivity contribution in [2.75, 3.05) is 18.9 Å². The molecule has 160 valence electrons. The number of unbranched alkanes of at least 4 members (excludes halogenated alkanes) is 2. The van der Waals surface area contributed by atoms with Crippen molar-refractivity contribution in [2.24, 2.45) is 0 Å². The van der Waals surface area contributed by atoms with Gasteiger partial charge in [0.2, 0.25) is 5.91 Å². The molecule has 1 amide bonds. The first-order valence-electron chi connectivity index (χ1n) is 10.1. The normalized spacial score (nSPS) is 11.3. The third-order valence-corrected chi connectivity index (χ3v) is 5.76. The summed E-state index contributed by atoms with van der Waals surface area (Å²) < 4.78 is 8.03. The molecule has 0 atom stereocenters. The average molecular weight is 484 g/mol. The number of nitrogens with zero attached hydrogens (tertiary/aromatic N) is 2. The standard InChI is InChI=1S/C21H30BrN3O3S/c1-4-5-6-11-25-20(27)17-13-16(22)8-9-18(17)24-21(25)29-14-19(26)23-10-7-12-28-15(2)3/h8-9,13,15H,4-7,10-12,14H2,1-3H3,(H,23,26). The molecule has 0 bridgehead atoms. The van der Waals surface area contributed by atoms with Crippen LogP contribution in [0.2, 0.25) is 0 Å². The molecule has 2 rings (SSSR count). The van der Waals surface area contributed by atoms with Gasteiger partial charge in [0.1, 0.15) is 0 Å². The zero-order valence-electron chi connectivity index (χ0n) is 17.4. The molecule has 29 heavy (non-hydrogen) atoms. The minimum absolute atomic E-state index is 0.0545. The number of ether oxygens (including phenoxy) is 1. The predicted molar refractivity (Wildman–Crippen MR) is 123 cm³/mol. The first-order valence-corrected chi connectivity index (χ1v) is 11.9. The SMILES string of the molecule is CCCCCn1c(SCC(=O)NCCCOC(C)C)nc2ccc(Br)cc2c1=O. The van der Waals surface area contributed by atoms with E-state index in [-0.39, 0.29) is 23.3 Å². The van der Waals surface area contributed by atoms with Gasteiger partial charge in [-0.1, -0.05) is 47.5 Å². The summed E-state index contributed by atoms with van der Waals surface area (Å²) in [6.45, 7) is 7.93. The van der Waals surface area contributed by atoms with Crippen molar-refractivity contribution in [1.82, 2.24) is 14.9 Å². The number of carbonyl (C=O) groups is 1. The predicted octanol–water partition coefficient (Wildman–Crippen LogP) is 4.37. The van der Waals surface area contributed by atoms with Crippen LogP contribution in [0.25, 0.3) is 10.9 Å². The van der Waals surface area contributed by atoms with Crippen LogP contribution < -0.4 is 10.9 Å². The fraction of sp³-hybridized carbons (Fsp3) is 0.571. The van der Waals surface area contributed by atoms with E-state index in [0.29, 0.717) is 35.8 Å². The lowest BCUT2D eigenvalue weighted by molar-refractivity contribution is -0.118. The number of carbonyl (C=O) groups excluding carboxylic acids is 1. The van der Waals surface area contributed by atoms with Crippen LogP contribution in [-0.2, 0) is 16.1 Å². The lowest BCUT2D eigenvalue weighted by Gasteiger charge is -2.13. The van der Waals surface area contributed by atoms with Gasteiger partial charge in [-0.15, -0.1) is 0 Å². The molecule has 8 heteroatoms. The van der Waals surface area contributed by atoms with E-state index in [9.17, 15) is 9.59 Å². The van der Waals surface area contributed by atoms with E-state index in [0.717, 1.165) is 30.2 Å². The molecule has 1 aromatic carbocycles. The van der Waals surface area contributed by atoms with Crippen molar-refractivity contribution >= 4 is 44.5 Å². The zero-order valence-corrected chi connectivity index (χ0v) is 19.8. The van der Waals surface area contributed by atoms with Crippen molar-refractivity contribution in [3.63, 3.8) is 0 Å². The van der Waals surface area contributed by atoms with Crippen LogP contribution in [0.15, 0.2) is 32.6 Å². The van der Waals surface area contributed by atoms with E-state index in [1.54, 1.807) is 10.6 Å². The lowest BCUT2D eigenvalue weighted by atomic mass is 10.2. The maximum absolute atomic E-state index is 13.0. The van der Waals surface area contributed by atoms with Crippen molar-refractivity contribution in [3.05, 3.63) is 33.0 Å². The summed E-state index contributed by atoms with van der Waals surface area (Å²) in [4.78, 5) is 29.9. The lowest BCUT2D eigenvalue weighted by Crippen LogP contribution is -2.28. The van der Waals surface area contributed by atoms with Gasteiger partial charge < -0.3 is 10.1 Å². The summed E-state index contributed by atoms with van der Waals surface area (Å²) in [5.41, 5.74) is 0.597. The second-order valence-electron chi connectivity index (χ2n) is 7.13. The molecule has 0 fully saturated rings. The van der Waals surface area contributed by atoms with Crippen molar-refractivity contribution in [2.45, 2.75) is 64.3 Å². The highest BCUT2D eigenvalue weighted by Crippen LogP contribution is 2.21.